The molecule has 53 valence electrons. The van der Waals surface area contributed by atoms with Gasteiger partial charge in [0.25, 0.3) is 0 Å². The van der Waals surface area contributed by atoms with Crippen LogP contribution in [0.3, 0.4) is 0 Å². The van der Waals surface area contributed by atoms with Crippen LogP contribution in [0, 0.1) is 0 Å². The average molecular weight is 221 g/mol. The zero-order valence-electron chi connectivity index (χ0n) is 6.37. The van der Waals surface area contributed by atoms with Crippen molar-refractivity contribution in [3.8, 4) is 0 Å². The van der Waals surface area contributed by atoms with Gasteiger partial charge >= 0.3 is 81.6 Å². The molecule has 1 aliphatic rings. The van der Waals surface area contributed by atoms with Crippen LogP contribution in [0.1, 0.15) is 18.4 Å². The molecule has 11 heavy (non-hydrogen) atoms. The molecule has 1 unspecified atom stereocenters. The molecule has 1 aliphatic heterocycles. The van der Waals surface area contributed by atoms with Crippen LogP contribution in [-0.2, 0) is 34.0 Å². The van der Waals surface area contributed by atoms with E-state index in [2.05, 4.69) is 12.1 Å². The summed E-state index contributed by atoms with van der Waals surface area (Å²) in [6, 6.07) is 8.28. The molecule has 0 bridgehead atoms. The second-order valence-corrected chi connectivity index (χ2v) is 6.53. The van der Waals surface area contributed by atoms with Gasteiger partial charge < -0.3 is 0 Å². The molecule has 1 nitrogen and oxygen atoms in total. The number of benzene rings is 1. The minimum absolute atomic E-state index is 0.215. The molecule has 1 atom stereocenters. The minimum atomic E-state index is -1.01. The summed E-state index contributed by atoms with van der Waals surface area (Å²) < 4.78 is 1.95. The van der Waals surface area contributed by atoms with Crippen molar-refractivity contribution in [1.29, 1.82) is 0 Å². The Balaban J connectivity index is 2.55. The van der Waals surface area contributed by atoms with E-state index in [9.17, 15) is 4.79 Å². The van der Waals surface area contributed by atoms with E-state index in [0.29, 0.717) is 2.59 Å². The van der Waals surface area contributed by atoms with Crippen LogP contribution >= 0.6 is 0 Å². The van der Waals surface area contributed by atoms with Gasteiger partial charge in [0.2, 0.25) is 0 Å². The van der Waals surface area contributed by atoms with E-state index >= 15 is 0 Å². The van der Waals surface area contributed by atoms with Crippen molar-refractivity contribution >= 4 is 4.97 Å². The summed E-state index contributed by atoms with van der Waals surface area (Å²) >= 11 is -1.01. The van der Waals surface area contributed by atoms with E-state index in [4.69, 9.17) is 0 Å². The molecule has 0 spiro atoms. The quantitative estimate of drug-likeness (QED) is 0.639. The van der Waals surface area contributed by atoms with Gasteiger partial charge in [-0.3, -0.25) is 0 Å². The Morgan fingerprint density at radius 3 is 2.82 bits per heavy atom. The molecular weight excluding hydrogens is 213 g/mol. The third-order valence-electron chi connectivity index (χ3n) is 2.19. The molecule has 2 heteroatoms. The molecule has 1 aromatic carbocycles. The molecule has 0 fully saturated rings. The second-order valence-electron chi connectivity index (χ2n) is 2.90. The first-order valence-corrected chi connectivity index (χ1v) is 6.60. The Labute approximate surface area is 81.2 Å². The average Bonchev–Trinajstić information content (AvgIpc) is 2.30. The summed E-state index contributed by atoms with van der Waals surface area (Å²) in [6.45, 7) is 2.03. The van der Waals surface area contributed by atoms with Crippen LogP contribution in [0.25, 0.3) is 0 Å². The van der Waals surface area contributed by atoms with E-state index in [-0.39, 0.29) is 5.92 Å². The van der Waals surface area contributed by atoms with Crippen molar-refractivity contribution in [2.75, 3.05) is 0 Å². The molecule has 0 N–H and O–H groups in total. The summed E-state index contributed by atoms with van der Waals surface area (Å²) in [4.78, 5) is 11.3. The van der Waals surface area contributed by atoms with Gasteiger partial charge in [0.1, 0.15) is 0 Å². The first kappa shape index (κ1) is 7.63. The fraction of sp³-hybridized carbons (Fsp3) is 0.222. The number of fused-ring (bicyclic) bond motifs is 1. The molecular formula is C9H8OY. The SMILES string of the molecule is CC1[C](=O)[Y][c]2ccccc21. The van der Waals surface area contributed by atoms with E-state index in [1.807, 2.05) is 19.1 Å². The van der Waals surface area contributed by atoms with E-state index in [1.165, 1.54) is 7.94 Å². The number of hydrogen-bond acceptors (Lipinski definition) is 1. The summed E-state index contributed by atoms with van der Waals surface area (Å²) in [6.07, 6.45) is 0. The summed E-state index contributed by atoms with van der Waals surface area (Å²) in [7, 11) is 0. The van der Waals surface area contributed by atoms with Crippen molar-refractivity contribution in [3.05, 3.63) is 29.8 Å². The topological polar surface area (TPSA) is 17.1 Å². The van der Waals surface area contributed by atoms with E-state index in [0.717, 1.165) is 0 Å². The van der Waals surface area contributed by atoms with Crippen LogP contribution in [0.5, 0.6) is 0 Å². The molecule has 0 saturated carbocycles. The van der Waals surface area contributed by atoms with Gasteiger partial charge in [-0.15, -0.1) is 0 Å². The Kier molecular flexibility index (Phi) is 1.94. The Hall–Kier alpha value is -0.00610. The maximum atomic E-state index is 11.3. The molecule has 1 heterocycles. The maximum absolute atomic E-state index is 11.3. The van der Waals surface area contributed by atoms with Gasteiger partial charge in [-0.25, -0.2) is 0 Å². The first-order valence-electron chi connectivity index (χ1n) is 3.76. The fourth-order valence-corrected chi connectivity index (χ4v) is 5.05. The second kappa shape index (κ2) is 2.80. The number of carbonyl (C=O) groups excluding carboxylic acids is 1. The van der Waals surface area contributed by atoms with E-state index < -0.39 is 29.2 Å². The van der Waals surface area contributed by atoms with Crippen molar-refractivity contribution in [2.24, 2.45) is 0 Å². The third-order valence-corrected chi connectivity index (χ3v) is 6.17. The first-order chi connectivity index (χ1) is 5.29. The molecule has 0 aliphatic carbocycles. The van der Waals surface area contributed by atoms with Gasteiger partial charge in [-0.2, -0.15) is 0 Å². The number of rotatable bonds is 0. The molecule has 1 aromatic rings. The van der Waals surface area contributed by atoms with Crippen LogP contribution in [0.4, 0.5) is 0 Å². The van der Waals surface area contributed by atoms with Gasteiger partial charge in [0.05, 0.1) is 0 Å². The van der Waals surface area contributed by atoms with Crippen molar-refractivity contribution in [2.45, 2.75) is 12.8 Å². The van der Waals surface area contributed by atoms with Crippen molar-refractivity contribution in [1.82, 2.24) is 0 Å². The van der Waals surface area contributed by atoms with Crippen LogP contribution in [0.15, 0.2) is 24.3 Å². The predicted octanol–water partition coefficient (Wildman–Crippen LogP) is 1.04. The van der Waals surface area contributed by atoms with Crippen LogP contribution in [-0.4, -0.2) is 2.59 Å². The van der Waals surface area contributed by atoms with Gasteiger partial charge in [-0.1, -0.05) is 0 Å². The van der Waals surface area contributed by atoms with E-state index in [1.54, 1.807) is 0 Å². The van der Waals surface area contributed by atoms with Gasteiger partial charge in [-0.05, 0) is 0 Å². The predicted molar refractivity (Wildman–Crippen MR) is 39.5 cm³/mol. The molecule has 0 saturated heterocycles. The standard InChI is InChI=1S/C9H8O.Y/c1-8(7-10)9-5-3-2-4-6-9;/h2-5,8H,1H3;. The van der Waals surface area contributed by atoms with Crippen molar-refractivity contribution < 1.29 is 34.0 Å². The molecule has 0 radical (unpaired) electrons. The monoisotopic (exact) mass is 221 g/mol. The molecule has 2 rings (SSSR count). The van der Waals surface area contributed by atoms with Gasteiger partial charge in [0.15, 0.2) is 0 Å². The summed E-state index contributed by atoms with van der Waals surface area (Å²) in [5, 5.41) is 0. The molecule has 0 aromatic heterocycles. The van der Waals surface area contributed by atoms with Crippen LogP contribution < -0.4 is 2.37 Å². The molecule has 0 amide bonds. The van der Waals surface area contributed by atoms with Gasteiger partial charge in [0, 0.05) is 0 Å². The summed E-state index contributed by atoms with van der Waals surface area (Å²) in [5.74, 6) is 0.215. The van der Waals surface area contributed by atoms with Crippen molar-refractivity contribution in [3.63, 3.8) is 0 Å². The zero-order valence-corrected chi connectivity index (χ0v) is 9.21. The Morgan fingerprint density at radius 2 is 2.09 bits per heavy atom. The third kappa shape index (κ3) is 1.21. The number of hydrogen-bond donors (Lipinski definition) is 0. The Morgan fingerprint density at radius 1 is 1.36 bits per heavy atom. The number of carbonyl (C=O) groups is 1. The summed E-state index contributed by atoms with van der Waals surface area (Å²) in [5.41, 5.74) is 1.30. The zero-order chi connectivity index (χ0) is 7.84. The van der Waals surface area contributed by atoms with Crippen LogP contribution in [0.2, 0.25) is 0 Å². The normalized spacial score (nSPS) is 20.5. The Bertz CT molecular complexity index is 306. The fourth-order valence-electron chi connectivity index (χ4n) is 1.47.